The number of rotatable bonds is 7. The molecule has 9 aromatic carbocycles. The van der Waals surface area contributed by atoms with Gasteiger partial charge in [-0.2, -0.15) is 0 Å². The average molecular weight is 790 g/mol. The lowest BCUT2D eigenvalue weighted by molar-refractivity contribution is 1.13. The predicted octanol–water partition coefficient (Wildman–Crippen LogP) is 15.6. The van der Waals surface area contributed by atoms with Crippen molar-refractivity contribution in [3.8, 4) is 67.3 Å². The predicted molar refractivity (Wildman–Crippen MR) is 260 cm³/mol. The van der Waals surface area contributed by atoms with E-state index in [9.17, 15) is 0 Å². The summed E-state index contributed by atoms with van der Waals surface area (Å²) in [5, 5.41) is 4.99. The molecule has 0 saturated carbocycles. The van der Waals surface area contributed by atoms with Crippen LogP contribution in [0.1, 0.15) is 0 Å². The quantitative estimate of drug-likeness (QED) is 0.158. The third kappa shape index (κ3) is 6.10. The smallest absolute Gasteiger partial charge is 0.0715 e. The van der Waals surface area contributed by atoms with Crippen LogP contribution in [0.25, 0.3) is 111 Å². The Bertz CT molecular complexity index is 3320. The summed E-state index contributed by atoms with van der Waals surface area (Å²) in [5.74, 6) is 0. The topological polar surface area (TPSA) is 22.8 Å². The van der Waals surface area contributed by atoms with Crippen LogP contribution >= 0.6 is 0 Å². The van der Waals surface area contributed by atoms with Gasteiger partial charge in [0.1, 0.15) is 0 Å². The van der Waals surface area contributed by atoms with Crippen molar-refractivity contribution in [2.45, 2.75) is 0 Å². The molecule has 0 saturated heterocycles. The zero-order valence-corrected chi connectivity index (χ0v) is 33.9. The molecule has 3 heteroatoms. The molecule has 0 atom stereocenters. The minimum Gasteiger partial charge on any atom is -0.309 e. The highest BCUT2D eigenvalue weighted by Gasteiger charge is 2.18. The summed E-state index contributed by atoms with van der Waals surface area (Å²) in [6.07, 6.45) is 0. The molecular weight excluding hydrogens is 751 g/mol. The molecule has 0 spiro atoms. The number of aromatic nitrogens is 3. The number of fused-ring (bicyclic) bond motifs is 6. The summed E-state index contributed by atoms with van der Waals surface area (Å²) in [4.78, 5) is 5.10. The van der Waals surface area contributed by atoms with Gasteiger partial charge in [-0.15, -0.1) is 0 Å². The van der Waals surface area contributed by atoms with E-state index in [1.165, 1.54) is 49.2 Å². The van der Waals surface area contributed by atoms with E-state index in [2.05, 4.69) is 234 Å². The number of pyridine rings is 1. The molecule has 0 aliphatic heterocycles. The van der Waals surface area contributed by atoms with Crippen LogP contribution in [0.2, 0.25) is 0 Å². The highest BCUT2D eigenvalue weighted by Crippen LogP contribution is 2.39. The molecule has 0 amide bonds. The van der Waals surface area contributed by atoms with E-state index < -0.39 is 0 Å². The maximum atomic E-state index is 5.10. The summed E-state index contributed by atoms with van der Waals surface area (Å²) < 4.78 is 4.86. The molecule has 0 fully saturated rings. The first-order chi connectivity index (χ1) is 30.7. The van der Waals surface area contributed by atoms with Gasteiger partial charge < -0.3 is 9.13 Å². The second-order valence-electron chi connectivity index (χ2n) is 16.0. The molecule has 0 N–H and O–H groups in total. The first kappa shape index (κ1) is 35.7. The van der Waals surface area contributed by atoms with Crippen LogP contribution in [0.5, 0.6) is 0 Å². The molecule has 62 heavy (non-hydrogen) atoms. The number of hydrogen-bond acceptors (Lipinski definition) is 1. The minimum atomic E-state index is 0.960. The molecule has 290 valence electrons. The molecule has 12 rings (SSSR count). The van der Waals surface area contributed by atoms with Crippen molar-refractivity contribution in [1.82, 2.24) is 14.1 Å². The van der Waals surface area contributed by atoms with E-state index in [-0.39, 0.29) is 0 Å². The molecule has 3 nitrogen and oxygen atoms in total. The monoisotopic (exact) mass is 789 g/mol. The van der Waals surface area contributed by atoms with Crippen LogP contribution in [0.15, 0.2) is 237 Å². The zero-order valence-electron chi connectivity index (χ0n) is 33.9. The summed E-state index contributed by atoms with van der Waals surface area (Å²) >= 11 is 0. The maximum absolute atomic E-state index is 5.10. The second-order valence-corrected chi connectivity index (χ2v) is 16.0. The van der Waals surface area contributed by atoms with Crippen molar-refractivity contribution in [3.63, 3.8) is 0 Å². The number of hydrogen-bond donors (Lipinski definition) is 0. The second kappa shape index (κ2) is 14.8. The summed E-state index contributed by atoms with van der Waals surface area (Å²) in [6.45, 7) is 0. The Morgan fingerprint density at radius 1 is 0.226 bits per heavy atom. The fourth-order valence-electron chi connectivity index (χ4n) is 9.37. The van der Waals surface area contributed by atoms with Crippen LogP contribution < -0.4 is 0 Å². The van der Waals surface area contributed by atoms with Gasteiger partial charge in [-0.05, 0) is 94.0 Å². The van der Waals surface area contributed by atoms with Crippen molar-refractivity contribution < 1.29 is 0 Å². The summed E-state index contributed by atoms with van der Waals surface area (Å²) in [5.41, 5.74) is 18.0. The van der Waals surface area contributed by atoms with Crippen LogP contribution in [0, 0.1) is 0 Å². The van der Waals surface area contributed by atoms with E-state index in [0.717, 1.165) is 61.7 Å². The Balaban J connectivity index is 0.996. The number of para-hydroxylation sites is 4. The summed E-state index contributed by atoms with van der Waals surface area (Å²) in [7, 11) is 0. The Hall–Kier alpha value is -8.27. The van der Waals surface area contributed by atoms with E-state index >= 15 is 0 Å². The van der Waals surface area contributed by atoms with Gasteiger partial charge in [0.2, 0.25) is 0 Å². The van der Waals surface area contributed by atoms with Gasteiger partial charge in [0, 0.05) is 44.0 Å². The Morgan fingerprint density at radius 2 is 0.565 bits per heavy atom. The highest BCUT2D eigenvalue weighted by molar-refractivity contribution is 6.10. The molecule has 0 aliphatic carbocycles. The van der Waals surface area contributed by atoms with Crippen molar-refractivity contribution in [1.29, 1.82) is 0 Å². The lowest BCUT2D eigenvalue weighted by atomic mass is 9.95. The van der Waals surface area contributed by atoms with Crippen LogP contribution in [0.3, 0.4) is 0 Å². The molecule has 0 bridgehead atoms. The maximum Gasteiger partial charge on any atom is 0.0715 e. The normalized spacial score (nSPS) is 11.5. The highest BCUT2D eigenvalue weighted by atomic mass is 15.0. The molecular formula is C59H39N3. The van der Waals surface area contributed by atoms with Crippen molar-refractivity contribution in [2.24, 2.45) is 0 Å². The largest absolute Gasteiger partial charge is 0.309 e. The van der Waals surface area contributed by atoms with Crippen LogP contribution in [-0.4, -0.2) is 14.1 Å². The average Bonchev–Trinajstić information content (AvgIpc) is 3.88. The van der Waals surface area contributed by atoms with Crippen molar-refractivity contribution in [2.75, 3.05) is 0 Å². The van der Waals surface area contributed by atoms with Crippen LogP contribution in [0.4, 0.5) is 0 Å². The van der Waals surface area contributed by atoms with E-state index in [0.29, 0.717) is 0 Å². The standard InChI is InChI=1S/C59H39N3/c1-3-16-42(17-4-1)54-37-47(38-55(60-54)43-18-5-2-6-19-43)41-32-30-40(31-33-41)44-20-15-21-45(34-44)46-35-48(61-56-26-11-7-22-50(56)51-23-8-12-27-57(51)61)39-49(36-46)62-58-28-13-9-24-52(58)53-25-10-14-29-59(53)62/h1-39H. The molecule has 3 aromatic heterocycles. The van der Waals surface area contributed by atoms with Gasteiger partial charge in [-0.1, -0.05) is 176 Å². The molecule has 0 radical (unpaired) electrons. The third-order valence-electron chi connectivity index (χ3n) is 12.3. The Kier molecular flexibility index (Phi) is 8.50. The van der Waals surface area contributed by atoms with Gasteiger partial charge in [-0.25, -0.2) is 4.98 Å². The SMILES string of the molecule is c1ccc(-c2cc(-c3ccc(-c4cccc(-c5cc(-n6c7ccccc7c7ccccc76)cc(-n6c7ccccc7c7ccccc76)c5)c4)cc3)cc(-c3ccccc3)n2)cc1. The van der Waals surface area contributed by atoms with E-state index in [4.69, 9.17) is 4.98 Å². The Morgan fingerprint density at radius 3 is 1.00 bits per heavy atom. The summed E-state index contributed by atoms with van der Waals surface area (Å²) in [6, 6.07) is 85.3. The van der Waals surface area contributed by atoms with Gasteiger partial charge in [0.25, 0.3) is 0 Å². The van der Waals surface area contributed by atoms with E-state index in [1.807, 2.05) is 12.1 Å². The lowest BCUT2D eigenvalue weighted by Crippen LogP contribution is -2.00. The number of benzene rings is 9. The van der Waals surface area contributed by atoms with E-state index in [1.54, 1.807) is 0 Å². The van der Waals surface area contributed by atoms with Gasteiger partial charge >= 0.3 is 0 Å². The van der Waals surface area contributed by atoms with Crippen molar-refractivity contribution >= 4 is 43.6 Å². The van der Waals surface area contributed by atoms with Gasteiger partial charge in [0.15, 0.2) is 0 Å². The van der Waals surface area contributed by atoms with Crippen LogP contribution in [-0.2, 0) is 0 Å². The molecule has 3 heterocycles. The molecule has 0 unspecified atom stereocenters. The lowest BCUT2D eigenvalue weighted by Gasteiger charge is -2.16. The number of nitrogens with zero attached hydrogens (tertiary/aromatic N) is 3. The molecule has 0 aliphatic rings. The minimum absolute atomic E-state index is 0.960. The van der Waals surface area contributed by atoms with Gasteiger partial charge in [0.05, 0.1) is 33.5 Å². The van der Waals surface area contributed by atoms with Crippen molar-refractivity contribution in [3.05, 3.63) is 237 Å². The third-order valence-corrected chi connectivity index (χ3v) is 12.3. The fourth-order valence-corrected chi connectivity index (χ4v) is 9.37. The first-order valence-electron chi connectivity index (χ1n) is 21.2. The molecule has 12 aromatic rings. The fraction of sp³-hybridized carbons (Fsp3) is 0. The first-order valence-corrected chi connectivity index (χ1v) is 21.2. The zero-order chi connectivity index (χ0) is 41.0. The Labute approximate surface area is 360 Å². The van der Waals surface area contributed by atoms with Gasteiger partial charge in [-0.3, -0.25) is 0 Å².